The SMILES string of the molecule is CCNCC1CCCCN1CCOCCOCCOC. The van der Waals surface area contributed by atoms with Gasteiger partial charge in [0.2, 0.25) is 0 Å². The molecule has 0 spiro atoms. The van der Waals surface area contributed by atoms with Gasteiger partial charge in [0.05, 0.1) is 33.0 Å². The van der Waals surface area contributed by atoms with Gasteiger partial charge in [-0.1, -0.05) is 13.3 Å². The van der Waals surface area contributed by atoms with Crippen molar-refractivity contribution in [2.75, 3.05) is 66.3 Å². The normalized spacial score (nSPS) is 20.4. The van der Waals surface area contributed by atoms with Crippen LogP contribution in [0.5, 0.6) is 0 Å². The number of hydrogen-bond acceptors (Lipinski definition) is 5. The molecule has 1 aliphatic heterocycles. The predicted octanol–water partition coefficient (Wildman–Crippen LogP) is 1.13. The minimum absolute atomic E-state index is 0.650. The van der Waals surface area contributed by atoms with Crippen molar-refractivity contribution in [3.8, 4) is 0 Å². The molecule has 0 amide bonds. The number of likely N-dealkylation sites (tertiary alicyclic amines) is 1. The van der Waals surface area contributed by atoms with Crippen molar-refractivity contribution in [3.05, 3.63) is 0 Å². The second-order valence-corrected chi connectivity index (χ2v) is 5.21. The van der Waals surface area contributed by atoms with Gasteiger partial charge < -0.3 is 19.5 Å². The highest BCUT2D eigenvalue weighted by Gasteiger charge is 2.21. The first-order chi connectivity index (χ1) is 9.88. The molecule has 0 aromatic heterocycles. The molecule has 0 bridgehead atoms. The highest BCUT2D eigenvalue weighted by Crippen LogP contribution is 2.15. The fourth-order valence-electron chi connectivity index (χ4n) is 2.54. The van der Waals surface area contributed by atoms with Gasteiger partial charge in [-0.3, -0.25) is 4.90 Å². The van der Waals surface area contributed by atoms with Gasteiger partial charge in [-0.2, -0.15) is 0 Å². The maximum Gasteiger partial charge on any atom is 0.0701 e. The van der Waals surface area contributed by atoms with E-state index in [0.717, 1.165) is 26.2 Å². The Morgan fingerprint density at radius 3 is 2.55 bits per heavy atom. The van der Waals surface area contributed by atoms with E-state index in [9.17, 15) is 0 Å². The van der Waals surface area contributed by atoms with Crippen molar-refractivity contribution in [2.45, 2.75) is 32.2 Å². The first-order valence-electron chi connectivity index (χ1n) is 7.97. The second kappa shape index (κ2) is 12.5. The van der Waals surface area contributed by atoms with Gasteiger partial charge >= 0.3 is 0 Å². The van der Waals surface area contributed by atoms with Crippen LogP contribution < -0.4 is 5.32 Å². The number of rotatable bonds is 12. The lowest BCUT2D eigenvalue weighted by Gasteiger charge is -2.35. The van der Waals surface area contributed by atoms with E-state index in [2.05, 4.69) is 17.1 Å². The van der Waals surface area contributed by atoms with Crippen LogP contribution in [0, 0.1) is 0 Å². The average molecular weight is 288 g/mol. The van der Waals surface area contributed by atoms with E-state index in [4.69, 9.17) is 14.2 Å². The third kappa shape index (κ3) is 8.17. The molecule has 0 saturated carbocycles. The van der Waals surface area contributed by atoms with E-state index >= 15 is 0 Å². The summed E-state index contributed by atoms with van der Waals surface area (Å²) in [5, 5.41) is 3.46. The van der Waals surface area contributed by atoms with E-state index in [0.29, 0.717) is 32.5 Å². The Labute approximate surface area is 123 Å². The number of nitrogens with zero attached hydrogens (tertiary/aromatic N) is 1. The van der Waals surface area contributed by atoms with Crippen molar-refractivity contribution in [1.82, 2.24) is 10.2 Å². The summed E-state index contributed by atoms with van der Waals surface area (Å²) >= 11 is 0. The maximum atomic E-state index is 5.64. The Morgan fingerprint density at radius 1 is 1.05 bits per heavy atom. The van der Waals surface area contributed by atoms with Crippen molar-refractivity contribution < 1.29 is 14.2 Å². The molecule has 5 nitrogen and oxygen atoms in total. The van der Waals surface area contributed by atoms with Crippen molar-refractivity contribution in [2.24, 2.45) is 0 Å². The molecule has 1 heterocycles. The zero-order valence-electron chi connectivity index (χ0n) is 13.2. The lowest BCUT2D eigenvalue weighted by atomic mass is 10.0. The molecule has 0 aromatic rings. The van der Waals surface area contributed by atoms with Crippen LogP contribution in [0.2, 0.25) is 0 Å². The van der Waals surface area contributed by atoms with Gasteiger partial charge in [-0.25, -0.2) is 0 Å². The van der Waals surface area contributed by atoms with Gasteiger partial charge in [0.25, 0.3) is 0 Å². The molecule has 20 heavy (non-hydrogen) atoms. The van der Waals surface area contributed by atoms with E-state index in [1.54, 1.807) is 7.11 Å². The van der Waals surface area contributed by atoms with E-state index in [-0.39, 0.29) is 0 Å². The highest BCUT2D eigenvalue weighted by molar-refractivity contribution is 4.78. The van der Waals surface area contributed by atoms with Crippen LogP contribution in [-0.4, -0.2) is 77.3 Å². The fraction of sp³-hybridized carbons (Fsp3) is 1.00. The Kier molecular flexibility index (Phi) is 11.2. The monoisotopic (exact) mass is 288 g/mol. The van der Waals surface area contributed by atoms with Crippen LogP contribution in [0.25, 0.3) is 0 Å². The zero-order chi connectivity index (χ0) is 14.5. The molecule has 1 saturated heterocycles. The summed E-state index contributed by atoms with van der Waals surface area (Å²) < 4.78 is 15.9. The molecule has 1 aliphatic rings. The smallest absolute Gasteiger partial charge is 0.0701 e. The number of ether oxygens (including phenoxy) is 3. The third-order valence-electron chi connectivity index (χ3n) is 3.71. The molecular weight excluding hydrogens is 256 g/mol. The summed E-state index contributed by atoms with van der Waals surface area (Å²) in [4.78, 5) is 2.57. The molecule has 1 N–H and O–H groups in total. The van der Waals surface area contributed by atoms with E-state index < -0.39 is 0 Å². The molecular formula is C15H32N2O3. The molecule has 5 heteroatoms. The maximum absolute atomic E-state index is 5.64. The zero-order valence-corrected chi connectivity index (χ0v) is 13.2. The molecule has 1 atom stereocenters. The Hall–Kier alpha value is -0.200. The molecule has 1 unspecified atom stereocenters. The molecule has 0 aliphatic carbocycles. The van der Waals surface area contributed by atoms with Gasteiger partial charge in [0.1, 0.15) is 0 Å². The third-order valence-corrected chi connectivity index (χ3v) is 3.71. The Balaban J connectivity index is 2.00. The average Bonchev–Trinajstić information content (AvgIpc) is 2.49. The molecule has 1 rings (SSSR count). The topological polar surface area (TPSA) is 43.0 Å². The predicted molar refractivity (Wildman–Crippen MR) is 81.3 cm³/mol. The minimum atomic E-state index is 0.650. The number of piperidine rings is 1. The van der Waals surface area contributed by atoms with Crippen molar-refractivity contribution >= 4 is 0 Å². The standard InChI is InChI=1S/C15H32N2O3/c1-3-16-14-15-6-4-5-7-17(15)8-9-19-12-13-20-11-10-18-2/h15-16H,3-14H2,1-2H3. The number of likely N-dealkylation sites (N-methyl/N-ethyl adjacent to an activating group) is 1. The van der Waals surface area contributed by atoms with Gasteiger partial charge in [-0.05, 0) is 25.9 Å². The second-order valence-electron chi connectivity index (χ2n) is 5.21. The summed E-state index contributed by atoms with van der Waals surface area (Å²) in [6.07, 6.45) is 4.00. The van der Waals surface area contributed by atoms with Crippen LogP contribution in [-0.2, 0) is 14.2 Å². The van der Waals surface area contributed by atoms with Crippen molar-refractivity contribution in [1.29, 1.82) is 0 Å². The fourth-order valence-corrected chi connectivity index (χ4v) is 2.54. The molecule has 1 fully saturated rings. The van der Waals surface area contributed by atoms with Crippen molar-refractivity contribution in [3.63, 3.8) is 0 Å². The first-order valence-corrected chi connectivity index (χ1v) is 7.97. The number of nitrogens with one attached hydrogen (secondary N) is 1. The summed E-state index contributed by atoms with van der Waals surface area (Å²) in [7, 11) is 1.68. The minimum Gasteiger partial charge on any atom is -0.382 e. The molecule has 0 aromatic carbocycles. The van der Waals surface area contributed by atoms with Crippen LogP contribution in [0.3, 0.4) is 0 Å². The van der Waals surface area contributed by atoms with Gasteiger partial charge in [-0.15, -0.1) is 0 Å². The lowest BCUT2D eigenvalue weighted by Crippen LogP contribution is -2.46. The van der Waals surface area contributed by atoms with Crippen LogP contribution >= 0.6 is 0 Å². The summed E-state index contributed by atoms with van der Waals surface area (Å²) in [5.41, 5.74) is 0. The van der Waals surface area contributed by atoms with Crippen LogP contribution in [0.15, 0.2) is 0 Å². The van der Waals surface area contributed by atoms with Crippen LogP contribution in [0.4, 0.5) is 0 Å². The summed E-state index contributed by atoms with van der Waals surface area (Å²) in [5.74, 6) is 0. The van der Waals surface area contributed by atoms with Gasteiger partial charge in [0.15, 0.2) is 0 Å². The first kappa shape index (κ1) is 17.9. The lowest BCUT2D eigenvalue weighted by molar-refractivity contribution is 0.0138. The molecule has 0 radical (unpaired) electrons. The molecule has 120 valence electrons. The summed E-state index contributed by atoms with van der Waals surface area (Å²) in [6, 6.07) is 0.685. The summed E-state index contributed by atoms with van der Waals surface area (Å²) in [6.45, 7) is 10.0. The van der Waals surface area contributed by atoms with E-state index in [1.807, 2.05) is 0 Å². The number of hydrogen-bond donors (Lipinski definition) is 1. The Morgan fingerprint density at radius 2 is 1.80 bits per heavy atom. The highest BCUT2D eigenvalue weighted by atomic mass is 16.5. The Bertz CT molecular complexity index is 217. The number of methoxy groups -OCH3 is 1. The largest absolute Gasteiger partial charge is 0.382 e. The van der Waals surface area contributed by atoms with E-state index in [1.165, 1.54) is 25.8 Å². The van der Waals surface area contributed by atoms with Gasteiger partial charge in [0, 0.05) is 26.2 Å². The van der Waals surface area contributed by atoms with Crippen LogP contribution in [0.1, 0.15) is 26.2 Å². The quantitative estimate of drug-likeness (QED) is 0.545.